The number of hydrogen-bond acceptors (Lipinski definition) is 2. The van der Waals surface area contributed by atoms with Crippen molar-refractivity contribution in [1.29, 1.82) is 0 Å². The second kappa shape index (κ2) is 12.8. The largest absolute Gasteiger partial charge is 0.387 e. The van der Waals surface area contributed by atoms with E-state index in [-0.39, 0.29) is 0 Å². The second-order valence-electron chi connectivity index (χ2n) is 7.38. The molecule has 2 heteroatoms. The molecule has 2 N–H and O–H groups in total. The van der Waals surface area contributed by atoms with Gasteiger partial charge >= 0.3 is 0 Å². The lowest BCUT2D eigenvalue weighted by Crippen LogP contribution is -2.49. The van der Waals surface area contributed by atoms with Crippen LogP contribution in [0.3, 0.4) is 0 Å². The lowest BCUT2D eigenvalue weighted by molar-refractivity contribution is -0.140. The predicted octanol–water partition coefficient (Wildman–Crippen LogP) is 5.93. The van der Waals surface area contributed by atoms with E-state index in [1.54, 1.807) is 13.8 Å². The van der Waals surface area contributed by atoms with Crippen molar-refractivity contribution in [2.75, 3.05) is 0 Å². The Morgan fingerprint density at radius 3 is 1.35 bits per heavy atom. The molecule has 0 aliphatic carbocycles. The molecule has 0 heterocycles. The smallest absolute Gasteiger partial charge is 0.0902 e. The number of rotatable bonds is 16. The quantitative estimate of drug-likeness (QED) is 0.273. The first-order chi connectivity index (χ1) is 10.9. The second-order valence-corrected chi connectivity index (χ2v) is 7.38. The third kappa shape index (κ3) is 10.7. The molecule has 0 aromatic carbocycles. The van der Waals surface area contributed by atoms with Crippen LogP contribution in [0.15, 0.2) is 25.3 Å². The first-order valence-corrected chi connectivity index (χ1v) is 9.54. The molecule has 0 radical (unpaired) electrons. The van der Waals surface area contributed by atoms with Gasteiger partial charge in [0.15, 0.2) is 0 Å². The number of unbranched alkanes of at least 4 members (excludes halogenated alkanes) is 9. The molecule has 0 rings (SSSR count). The average molecular weight is 325 g/mol. The molecule has 23 heavy (non-hydrogen) atoms. The van der Waals surface area contributed by atoms with Gasteiger partial charge in [0.05, 0.1) is 11.2 Å². The highest BCUT2D eigenvalue weighted by Crippen LogP contribution is 2.32. The molecule has 0 aliphatic rings. The summed E-state index contributed by atoms with van der Waals surface area (Å²) in [6, 6.07) is 0. The van der Waals surface area contributed by atoms with Crippen molar-refractivity contribution in [3.8, 4) is 0 Å². The van der Waals surface area contributed by atoms with Gasteiger partial charge in [-0.05, 0) is 52.4 Å². The van der Waals surface area contributed by atoms with E-state index in [4.69, 9.17) is 0 Å². The van der Waals surface area contributed by atoms with Crippen molar-refractivity contribution in [3.63, 3.8) is 0 Å². The van der Waals surface area contributed by atoms with Crippen molar-refractivity contribution in [1.82, 2.24) is 0 Å². The standard InChI is InChI=1S/C21H40O2/c1-5-7-9-11-12-13-14-15-17-19-21(4,23)20(3,22)18-16-10-8-6-2/h5-6,22-23H,1-2,7-19H2,3-4H3. The molecule has 0 saturated heterocycles. The molecule has 136 valence electrons. The highest BCUT2D eigenvalue weighted by molar-refractivity contribution is 4.93. The lowest BCUT2D eigenvalue weighted by Gasteiger charge is -2.39. The van der Waals surface area contributed by atoms with E-state index < -0.39 is 11.2 Å². The summed E-state index contributed by atoms with van der Waals surface area (Å²) < 4.78 is 0. The minimum atomic E-state index is -1.00. The topological polar surface area (TPSA) is 40.5 Å². The molecule has 2 nitrogen and oxygen atoms in total. The molecular weight excluding hydrogens is 284 g/mol. The zero-order valence-corrected chi connectivity index (χ0v) is 15.7. The Balaban J connectivity index is 3.79. The van der Waals surface area contributed by atoms with Gasteiger partial charge in [0.1, 0.15) is 0 Å². The molecule has 0 aromatic rings. The van der Waals surface area contributed by atoms with Gasteiger partial charge in [0.25, 0.3) is 0 Å². The van der Waals surface area contributed by atoms with Crippen LogP contribution in [0, 0.1) is 0 Å². The van der Waals surface area contributed by atoms with Crippen LogP contribution in [0.2, 0.25) is 0 Å². The summed E-state index contributed by atoms with van der Waals surface area (Å²) in [5.74, 6) is 0. The predicted molar refractivity (Wildman–Crippen MR) is 102 cm³/mol. The minimum Gasteiger partial charge on any atom is -0.387 e. The van der Waals surface area contributed by atoms with Crippen molar-refractivity contribution < 1.29 is 10.2 Å². The maximum Gasteiger partial charge on any atom is 0.0902 e. The fraction of sp³-hybridized carbons (Fsp3) is 0.810. The normalized spacial score (nSPS) is 16.5. The average Bonchev–Trinajstić information content (AvgIpc) is 2.49. The fourth-order valence-electron chi connectivity index (χ4n) is 2.94. The SMILES string of the molecule is C=CCCCCCCCCCC(C)(O)C(C)(O)CCCCC=C. The zero-order chi connectivity index (χ0) is 17.6. The summed E-state index contributed by atoms with van der Waals surface area (Å²) in [5.41, 5.74) is -2.00. The van der Waals surface area contributed by atoms with Crippen LogP contribution in [0.4, 0.5) is 0 Å². The third-order valence-corrected chi connectivity index (χ3v) is 5.05. The van der Waals surface area contributed by atoms with Crippen LogP contribution < -0.4 is 0 Å². The maximum atomic E-state index is 10.6. The first-order valence-electron chi connectivity index (χ1n) is 9.54. The Kier molecular flexibility index (Phi) is 12.4. The van der Waals surface area contributed by atoms with Gasteiger partial charge in [-0.15, -0.1) is 13.2 Å². The van der Waals surface area contributed by atoms with Crippen LogP contribution in [-0.4, -0.2) is 21.4 Å². The van der Waals surface area contributed by atoms with E-state index >= 15 is 0 Å². The molecular formula is C21H40O2. The highest BCUT2D eigenvalue weighted by atomic mass is 16.4. The Hall–Kier alpha value is -0.600. The molecule has 2 unspecified atom stereocenters. The summed E-state index contributed by atoms with van der Waals surface area (Å²) in [4.78, 5) is 0. The van der Waals surface area contributed by atoms with Crippen molar-refractivity contribution in [2.24, 2.45) is 0 Å². The summed E-state index contributed by atoms with van der Waals surface area (Å²) >= 11 is 0. The summed E-state index contributed by atoms with van der Waals surface area (Å²) in [5, 5.41) is 21.2. The van der Waals surface area contributed by atoms with Gasteiger partial charge in [-0.1, -0.05) is 57.1 Å². The number of hydrogen-bond donors (Lipinski definition) is 2. The van der Waals surface area contributed by atoms with Crippen LogP contribution in [-0.2, 0) is 0 Å². The van der Waals surface area contributed by atoms with E-state index in [2.05, 4.69) is 13.2 Å². The van der Waals surface area contributed by atoms with Crippen molar-refractivity contribution >= 4 is 0 Å². The summed E-state index contributed by atoms with van der Waals surface area (Å²) in [6.07, 6.45) is 17.8. The van der Waals surface area contributed by atoms with E-state index in [1.165, 1.54) is 32.1 Å². The molecule has 2 atom stereocenters. The summed E-state index contributed by atoms with van der Waals surface area (Å²) in [7, 11) is 0. The van der Waals surface area contributed by atoms with Crippen LogP contribution >= 0.6 is 0 Å². The van der Waals surface area contributed by atoms with Crippen LogP contribution in [0.1, 0.15) is 97.3 Å². The first kappa shape index (κ1) is 22.4. The van der Waals surface area contributed by atoms with E-state index in [1.807, 2.05) is 12.2 Å². The molecule has 0 spiro atoms. The van der Waals surface area contributed by atoms with Crippen LogP contribution in [0.5, 0.6) is 0 Å². The van der Waals surface area contributed by atoms with Gasteiger partial charge in [-0.25, -0.2) is 0 Å². The molecule has 0 aromatic heterocycles. The van der Waals surface area contributed by atoms with Crippen molar-refractivity contribution in [3.05, 3.63) is 25.3 Å². The van der Waals surface area contributed by atoms with Crippen LogP contribution in [0.25, 0.3) is 0 Å². The Bertz CT molecular complexity index is 305. The van der Waals surface area contributed by atoms with E-state index in [0.717, 1.165) is 38.5 Å². The Labute approximate surface area is 144 Å². The Morgan fingerprint density at radius 1 is 0.609 bits per heavy atom. The number of aliphatic hydroxyl groups is 2. The molecule has 0 amide bonds. The van der Waals surface area contributed by atoms with E-state index in [0.29, 0.717) is 12.8 Å². The fourth-order valence-corrected chi connectivity index (χ4v) is 2.94. The maximum absolute atomic E-state index is 10.6. The van der Waals surface area contributed by atoms with Gasteiger partial charge in [-0.2, -0.15) is 0 Å². The van der Waals surface area contributed by atoms with Gasteiger partial charge < -0.3 is 10.2 Å². The Morgan fingerprint density at radius 2 is 0.913 bits per heavy atom. The van der Waals surface area contributed by atoms with Gasteiger partial charge in [-0.3, -0.25) is 0 Å². The third-order valence-electron chi connectivity index (χ3n) is 5.05. The monoisotopic (exact) mass is 324 g/mol. The van der Waals surface area contributed by atoms with E-state index in [9.17, 15) is 10.2 Å². The molecule has 0 bridgehead atoms. The zero-order valence-electron chi connectivity index (χ0n) is 15.7. The van der Waals surface area contributed by atoms with Gasteiger partial charge in [0, 0.05) is 0 Å². The van der Waals surface area contributed by atoms with Crippen molar-refractivity contribution in [2.45, 2.75) is 109 Å². The van der Waals surface area contributed by atoms with Gasteiger partial charge in [0.2, 0.25) is 0 Å². The lowest BCUT2D eigenvalue weighted by atomic mass is 9.78. The minimum absolute atomic E-state index is 0.650. The number of allylic oxidation sites excluding steroid dienone is 2. The summed E-state index contributed by atoms with van der Waals surface area (Å²) in [6.45, 7) is 11.0. The highest BCUT2D eigenvalue weighted by Gasteiger charge is 2.40. The molecule has 0 saturated carbocycles. The molecule has 0 aliphatic heterocycles. The molecule has 0 fully saturated rings.